The molecule has 7 nitrogen and oxygen atoms in total. The number of anilines is 1. The van der Waals surface area contributed by atoms with Crippen molar-refractivity contribution in [3.8, 4) is 11.3 Å². The summed E-state index contributed by atoms with van der Waals surface area (Å²) in [6, 6.07) is 13.7. The number of halogens is 1. The molecule has 1 aromatic heterocycles. The fourth-order valence-corrected chi connectivity index (χ4v) is 4.14. The SMILES string of the molecule is CCS(=O)(=O)c1ccc(-c2cccc(NS(=O)(=O)c3ccc(F)cc3)c2)nn1. The van der Waals surface area contributed by atoms with Gasteiger partial charge in [0.15, 0.2) is 14.9 Å². The number of hydrogen-bond acceptors (Lipinski definition) is 6. The second-order valence-corrected chi connectivity index (χ2v) is 9.71. The Morgan fingerprint density at radius 3 is 2.25 bits per heavy atom. The summed E-state index contributed by atoms with van der Waals surface area (Å²) in [4.78, 5) is -0.0757. The first-order chi connectivity index (χ1) is 13.2. The molecule has 0 aliphatic rings. The van der Waals surface area contributed by atoms with Crippen molar-refractivity contribution >= 4 is 25.5 Å². The predicted octanol–water partition coefficient (Wildman–Crippen LogP) is 2.88. The quantitative estimate of drug-likeness (QED) is 0.656. The highest BCUT2D eigenvalue weighted by Crippen LogP contribution is 2.23. The van der Waals surface area contributed by atoms with Crippen molar-refractivity contribution in [2.24, 2.45) is 0 Å². The molecular formula is C18H16FN3O4S2. The maximum absolute atomic E-state index is 13.0. The van der Waals surface area contributed by atoms with Gasteiger partial charge in [-0.1, -0.05) is 19.1 Å². The van der Waals surface area contributed by atoms with Crippen LogP contribution in [0.25, 0.3) is 11.3 Å². The lowest BCUT2D eigenvalue weighted by Crippen LogP contribution is -2.13. The summed E-state index contributed by atoms with van der Waals surface area (Å²) in [6.07, 6.45) is 0. The maximum Gasteiger partial charge on any atom is 0.261 e. The summed E-state index contributed by atoms with van der Waals surface area (Å²) in [7, 11) is -7.35. The van der Waals surface area contributed by atoms with Crippen LogP contribution in [0.15, 0.2) is 70.6 Å². The third-order valence-corrected chi connectivity index (χ3v) is 6.89. The van der Waals surface area contributed by atoms with E-state index in [0.29, 0.717) is 11.3 Å². The van der Waals surface area contributed by atoms with Crippen molar-refractivity contribution < 1.29 is 21.2 Å². The minimum absolute atomic E-state index is 0.0757. The Labute approximate surface area is 162 Å². The molecule has 0 saturated heterocycles. The third-order valence-electron chi connectivity index (χ3n) is 3.87. The molecule has 0 amide bonds. The van der Waals surface area contributed by atoms with E-state index < -0.39 is 25.7 Å². The molecule has 0 radical (unpaired) electrons. The predicted molar refractivity (Wildman–Crippen MR) is 102 cm³/mol. The van der Waals surface area contributed by atoms with Crippen LogP contribution in [0.4, 0.5) is 10.1 Å². The molecule has 146 valence electrons. The first kappa shape index (κ1) is 19.9. The van der Waals surface area contributed by atoms with E-state index in [9.17, 15) is 21.2 Å². The molecule has 0 spiro atoms. The Kier molecular flexibility index (Phi) is 5.43. The molecular weight excluding hydrogens is 405 g/mol. The molecule has 1 heterocycles. The van der Waals surface area contributed by atoms with Crippen LogP contribution >= 0.6 is 0 Å². The molecule has 0 aliphatic carbocycles. The molecule has 0 bridgehead atoms. The Bertz CT molecular complexity index is 1190. The van der Waals surface area contributed by atoms with Crippen molar-refractivity contribution in [3.05, 3.63) is 66.5 Å². The van der Waals surface area contributed by atoms with Gasteiger partial charge in [0.2, 0.25) is 0 Å². The normalized spacial score (nSPS) is 11.9. The zero-order chi connectivity index (χ0) is 20.4. The van der Waals surface area contributed by atoms with Crippen LogP contribution in [-0.4, -0.2) is 32.8 Å². The average molecular weight is 421 g/mol. The number of sulfone groups is 1. The molecule has 10 heteroatoms. The Morgan fingerprint density at radius 1 is 0.929 bits per heavy atom. The highest BCUT2D eigenvalue weighted by atomic mass is 32.2. The van der Waals surface area contributed by atoms with Crippen LogP contribution in [0.3, 0.4) is 0 Å². The van der Waals surface area contributed by atoms with Crippen molar-refractivity contribution in [2.45, 2.75) is 16.8 Å². The standard InChI is InChI=1S/C18H16FN3O4S2/c1-2-27(23,24)18-11-10-17(20-21-18)13-4-3-5-15(12-13)22-28(25,26)16-8-6-14(19)7-9-16/h3-12,22H,2H2,1H3. The number of hydrogen-bond donors (Lipinski definition) is 1. The summed E-state index contributed by atoms with van der Waals surface area (Å²) in [5.41, 5.74) is 1.21. The number of rotatable bonds is 6. The smallest absolute Gasteiger partial charge is 0.261 e. The monoisotopic (exact) mass is 421 g/mol. The van der Waals surface area contributed by atoms with Gasteiger partial charge in [-0.3, -0.25) is 4.72 Å². The van der Waals surface area contributed by atoms with Gasteiger partial charge in [-0.05, 0) is 48.5 Å². The second-order valence-electron chi connectivity index (χ2n) is 5.80. The summed E-state index contributed by atoms with van der Waals surface area (Å²) in [6.45, 7) is 1.52. The summed E-state index contributed by atoms with van der Waals surface area (Å²) >= 11 is 0. The second kappa shape index (κ2) is 7.64. The Balaban J connectivity index is 1.87. The number of aromatic nitrogens is 2. The first-order valence-corrected chi connectivity index (χ1v) is 11.3. The lowest BCUT2D eigenvalue weighted by Gasteiger charge is -2.09. The van der Waals surface area contributed by atoms with Gasteiger partial charge in [-0.15, -0.1) is 10.2 Å². The minimum atomic E-state index is -3.89. The van der Waals surface area contributed by atoms with E-state index in [2.05, 4.69) is 14.9 Å². The topological polar surface area (TPSA) is 106 Å². The molecule has 0 aliphatic heterocycles. The molecule has 3 aromatic rings. The number of nitrogens with zero attached hydrogens (tertiary/aromatic N) is 2. The zero-order valence-electron chi connectivity index (χ0n) is 14.7. The van der Waals surface area contributed by atoms with Crippen molar-refractivity contribution in [1.82, 2.24) is 10.2 Å². The van der Waals surface area contributed by atoms with Crippen molar-refractivity contribution in [1.29, 1.82) is 0 Å². The van der Waals surface area contributed by atoms with Crippen LogP contribution < -0.4 is 4.72 Å². The van der Waals surface area contributed by atoms with Gasteiger partial charge in [0.1, 0.15) is 5.82 Å². The third kappa shape index (κ3) is 4.34. The van der Waals surface area contributed by atoms with E-state index in [1.54, 1.807) is 24.3 Å². The van der Waals surface area contributed by atoms with Crippen LogP contribution in [0.5, 0.6) is 0 Å². The van der Waals surface area contributed by atoms with Crippen molar-refractivity contribution in [3.63, 3.8) is 0 Å². The van der Waals surface area contributed by atoms with Gasteiger partial charge < -0.3 is 0 Å². The average Bonchev–Trinajstić information content (AvgIpc) is 2.68. The van der Waals surface area contributed by atoms with Crippen LogP contribution in [-0.2, 0) is 19.9 Å². The lowest BCUT2D eigenvalue weighted by molar-refractivity contribution is 0.591. The van der Waals surface area contributed by atoms with Crippen LogP contribution in [0.2, 0.25) is 0 Å². The van der Waals surface area contributed by atoms with E-state index in [4.69, 9.17) is 0 Å². The lowest BCUT2D eigenvalue weighted by atomic mass is 10.1. The van der Waals surface area contributed by atoms with Gasteiger partial charge in [0.05, 0.1) is 16.3 Å². The Morgan fingerprint density at radius 2 is 1.64 bits per heavy atom. The molecule has 3 rings (SSSR count). The van der Waals surface area contributed by atoms with Crippen molar-refractivity contribution in [2.75, 3.05) is 10.5 Å². The molecule has 0 unspecified atom stereocenters. The molecule has 1 N–H and O–H groups in total. The highest BCUT2D eigenvalue weighted by Gasteiger charge is 2.16. The maximum atomic E-state index is 13.0. The zero-order valence-corrected chi connectivity index (χ0v) is 16.3. The minimum Gasteiger partial charge on any atom is -0.280 e. The van der Waals surface area contributed by atoms with E-state index in [1.807, 2.05) is 0 Å². The molecule has 28 heavy (non-hydrogen) atoms. The summed E-state index contributed by atoms with van der Waals surface area (Å²) in [5, 5.41) is 7.55. The summed E-state index contributed by atoms with van der Waals surface area (Å²) < 4.78 is 63.9. The molecule has 2 aromatic carbocycles. The number of nitrogens with one attached hydrogen (secondary N) is 1. The van der Waals surface area contributed by atoms with Gasteiger partial charge in [-0.2, -0.15) is 0 Å². The molecule has 0 saturated carbocycles. The largest absolute Gasteiger partial charge is 0.280 e. The van der Waals surface area contributed by atoms with Crippen LogP contribution in [0, 0.1) is 5.82 Å². The first-order valence-electron chi connectivity index (χ1n) is 8.16. The number of sulfonamides is 1. The van der Waals surface area contributed by atoms with E-state index >= 15 is 0 Å². The summed E-state index contributed by atoms with van der Waals surface area (Å²) in [5.74, 6) is -0.616. The van der Waals surface area contributed by atoms with E-state index in [1.165, 1.54) is 31.2 Å². The molecule has 0 fully saturated rings. The van der Waals surface area contributed by atoms with Gasteiger partial charge >= 0.3 is 0 Å². The fraction of sp³-hybridized carbons (Fsp3) is 0.111. The Hall–Kier alpha value is -2.85. The fourth-order valence-electron chi connectivity index (χ4n) is 2.36. The van der Waals surface area contributed by atoms with E-state index in [-0.39, 0.29) is 21.4 Å². The van der Waals surface area contributed by atoms with Crippen LogP contribution in [0.1, 0.15) is 6.92 Å². The number of benzene rings is 2. The molecule has 0 atom stereocenters. The van der Waals surface area contributed by atoms with Gasteiger partial charge in [0.25, 0.3) is 10.0 Å². The van der Waals surface area contributed by atoms with Gasteiger partial charge in [-0.25, -0.2) is 21.2 Å². The van der Waals surface area contributed by atoms with E-state index in [0.717, 1.165) is 12.1 Å². The van der Waals surface area contributed by atoms with Gasteiger partial charge in [0, 0.05) is 11.3 Å². The highest BCUT2D eigenvalue weighted by molar-refractivity contribution is 7.92.